The van der Waals surface area contributed by atoms with Crippen molar-refractivity contribution in [3.8, 4) is 0 Å². The number of sulfonamides is 1. The van der Waals surface area contributed by atoms with Gasteiger partial charge in [0, 0.05) is 25.0 Å². The maximum Gasteiger partial charge on any atom is 0.214 e. The second-order valence-corrected chi connectivity index (χ2v) is 6.35. The molecule has 0 bridgehead atoms. The van der Waals surface area contributed by atoms with Gasteiger partial charge in [-0.2, -0.15) is 0 Å². The Morgan fingerprint density at radius 1 is 1.56 bits per heavy atom. The van der Waals surface area contributed by atoms with Crippen LogP contribution in [0.25, 0.3) is 0 Å². The van der Waals surface area contributed by atoms with Crippen LogP contribution < -0.4 is 0 Å². The standard InChI is InChI=1S/C10H16ClNO3S/c1-9(5-11)8-16(13,14)12(2)6-10-3-4-15-7-10/h3-4,7,9H,5-6,8H2,1-2H3. The SMILES string of the molecule is CC(CCl)CS(=O)(=O)N(C)Cc1ccoc1. The van der Waals surface area contributed by atoms with Gasteiger partial charge in [-0.25, -0.2) is 12.7 Å². The van der Waals surface area contributed by atoms with E-state index in [1.807, 2.05) is 6.92 Å². The highest BCUT2D eigenvalue weighted by molar-refractivity contribution is 7.89. The molecular weight excluding hydrogens is 250 g/mol. The number of alkyl halides is 1. The fourth-order valence-electron chi connectivity index (χ4n) is 1.27. The van der Waals surface area contributed by atoms with Crippen molar-refractivity contribution in [3.63, 3.8) is 0 Å². The highest BCUT2D eigenvalue weighted by atomic mass is 35.5. The fourth-order valence-corrected chi connectivity index (χ4v) is 2.95. The van der Waals surface area contributed by atoms with Crippen LogP contribution in [0.2, 0.25) is 0 Å². The summed E-state index contributed by atoms with van der Waals surface area (Å²) in [5.41, 5.74) is 0.838. The molecule has 1 heterocycles. The largest absolute Gasteiger partial charge is 0.472 e. The number of hydrogen-bond acceptors (Lipinski definition) is 3. The van der Waals surface area contributed by atoms with Gasteiger partial charge in [-0.15, -0.1) is 11.6 Å². The van der Waals surface area contributed by atoms with Gasteiger partial charge in [-0.05, 0) is 12.0 Å². The van der Waals surface area contributed by atoms with Crippen molar-refractivity contribution in [1.29, 1.82) is 0 Å². The molecule has 0 N–H and O–H groups in total. The van der Waals surface area contributed by atoms with Gasteiger partial charge in [-0.3, -0.25) is 0 Å². The van der Waals surface area contributed by atoms with Crippen molar-refractivity contribution in [2.75, 3.05) is 18.7 Å². The first-order valence-corrected chi connectivity index (χ1v) is 7.11. The highest BCUT2D eigenvalue weighted by Gasteiger charge is 2.21. The summed E-state index contributed by atoms with van der Waals surface area (Å²) in [6, 6.07) is 1.75. The molecule has 4 nitrogen and oxygen atoms in total. The minimum absolute atomic E-state index is 0.0431. The molecule has 1 aromatic rings. The van der Waals surface area contributed by atoms with E-state index in [1.165, 1.54) is 16.8 Å². The average Bonchev–Trinajstić information content (AvgIpc) is 2.69. The summed E-state index contributed by atoms with van der Waals surface area (Å²) in [6.07, 6.45) is 3.06. The Hall–Kier alpha value is -0.520. The molecule has 0 radical (unpaired) electrons. The quantitative estimate of drug-likeness (QED) is 0.739. The Balaban J connectivity index is 2.62. The highest BCUT2D eigenvalue weighted by Crippen LogP contribution is 2.11. The zero-order valence-corrected chi connectivity index (χ0v) is 11.0. The van der Waals surface area contributed by atoms with Crippen LogP contribution in [0.5, 0.6) is 0 Å². The lowest BCUT2D eigenvalue weighted by atomic mass is 10.3. The topological polar surface area (TPSA) is 50.5 Å². The van der Waals surface area contributed by atoms with E-state index in [9.17, 15) is 8.42 Å². The van der Waals surface area contributed by atoms with Crippen LogP contribution in [-0.2, 0) is 16.6 Å². The lowest BCUT2D eigenvalue weighted by molar-refractivity contribution is 0.457. The summed E-state index contributed by atoms with van der Waals surface area (Å²) >= 11 is 5.61. The molecule has 1 atom stereocenters. The molecule has 16 heavy (non-hydrogen) atoms. The van der Waals surface area contributed by atoms with Crippen LogP contribution in [0.15, 0.2) is 23.0 Å². The van der Waals surface area contributed by atoms with E-state index >= 15 is 0 Å². The van der Waals surface area contributed by atoms with Gasteiger partial charge in [0.25, 0.3) is 0 Å². The van der Waals surface area contributed by atoms with Gasteiger partial charge in [0.2, 0.25) is 10.0 Å². The van der Waals surface area contributed by atoms with Crippen LogP contribution in [0.4, 0.5) is 0 Å². The summed E-state index contributed by atoms with van der Waals surface area (Å²) in [7, 11) is -1.68. The lowest BCUT2D eigenvalue weighted by Crippen LogP contribution is -2.31. The third kappa shape index (κ3) is 3.81. The van der Waals surface area contributed by atoms with Crippen molar-refractivity contribution < 1.29 is 12.8 Å². The van der Waals surface area contributed by atoms with E-state index in [-0.39, 0.29) is 11.7 Å². The second-order valence-electron chi connectivity index (χ2n) is 3.93. The van der Waals surface area contributed by atoms with Crippen LogP contribution in [-0.4, -0.2) is 31.4 Å². The fraction of sp³-hybridized carbons (Fsp3) is 0.600. The summed E-state index contributed by atoms with van der Waals surface area (Å²) in [4.78, 5) is 0. The van der Waals surface area contributed by atoms with Crippen molar-refractivity contribution in [3.05, 3.63) is 24.2 Å². The first-order chi connectivity index (χ1) is 7.45. The molecule has 92 valence electrons. The van der Waals surface area contributed by atoms with Gasteiger partial charge in [0.1, 0.15) is 0 Å². The van der Waals surface area contributed by atoms with Crippen LogP contribution in [0, 0.1) is 5.92 Å². The summed E-state index contributed by atoms with van der Waals surface area (Å²) in [6.45, 7) is 2.14. The third-order valence-corrected chi connectivity index (χ3v) is 4.81. The molecule has 0 saturated heterocycles. The van der Waals surface area contributed by atoms with Gasteiger partial charge in [0.15, 0.2) is 0 Å². The lowest BCUT2D eigenvalue weighted by Gasteiger charge is -2.18. The number of nitrogens with zero attached hydrogens (tertiary/aromatic N) is 1. The Bertz CT molecular complexity index is 402. The molecule has 0 aromatic carbocycles. The third-order valence-electron chi connectivity index (χ3n) is 2.22. The molecule has 1 unspecified atom stereocenters. The molecule has 0 aliphatic rings. The number of rotatable bonds is 6. The van der Waals surface area contributed by atoms with Gasteiger partial charge >= 0.3 is 0 Å². The smallest absolute Gasteiger partial charge is 0.214 e. The first kappa shape index (κ1) is 13.5. The van der Waals surface area contributed by atoms with E-state index in [0.717, 1.165) is 5.56 Å². The first-order valence-electron chi connectivity index (χ1n) is 4.96. The normalized spacial score (nSPS) is 14.2. The zero-order chi connectivity index (χ0) is 12.2. The van der Waals surface area contributed by atoms with Crippen molar-refractivity contribution in [2.24, 2.45) is 5.92 Å². The molecule has 0 aliphatic heterocycles. The second kappa shape index (κ2) is 5.70. The van der Waals surface area contributed by atoms with E-state index in [1.54, 1.807) is 13.1 Å². The van der Waals surface area contributed by atoms with E-state index in [0.29, 0.717) is 12.4 Å². The molecule has 0 aliphatic carbocycles. The van der Waals surface area contributed by atoms with Crippen LogP contribution >= 0.6 is 11.6 Å². The number of hydrogen-bond donors (Lipinski definition) is 0. The Kier molecular flexibility index (Phi) is 4.83. The predicted octanol–water partition coefficient (Wildman–Crippen LogP) is 1.92. The molecule has 1 rings (SSSR count). The predicted molar refractivity (Wildman–Crippen MR) is 63.8 cm³/mol. The van der Waals surface area contributed by atoms with Gasteiger partial charge < -0.3 is 4.42 Å². The van der Waals surface area contributed by atoms with Crippen molar-refractivity contribution in [1.82, 2.24) is 4.31 Å². The van der Waals surface area contributed by atoms with E-state index in [2.05, 4.69) is 0 Å². The average molecular weight is 266 g/mol. The molecule has 6 heteroatoms. The summed E-state index contributed by atoms with van der Waals surface area (Å²) in [5.74, 6) is 0.377. The maximum absolute atomic E-state index is 11.9. The molecule has 0 spiro atoms. The molecule has 0 fully saturated rings. The maximum atomic E-state index is 11.9. The molecule has 0 amide bonds. The Morgan fingerprint density at radius 2 is 2.25 bits per heavy atom. The molecule has 0 saturated carbocycles. The summed E-state index contributed by atoms with van der Waals surface area (Å²) < 4.78 is 29.9. The van der Waals surface area contributed by atoms with Gasteiger partial charge in [-0.1, -0.05) is 6.92 Å². The minimum atomic E-state index is -3.24. The Labute approximate surface area is 101 Å². The van der Waals surface area contributed by atoms with Crippen LogP contribution in [0.1, 0.15) is 12.5 Å². The van der Waals surface area contributed by atoms with Crippen molar-refractivity contribution in [2.45, 2.75) is 13.5 Å². The van der Waals surface area contributed by atoms with Gasteiger partial charge in [0.05, 0.1) is 18.3 Å². The molecular formula is C10H16ClNO3S. The van der Waals surface area contributed by atoms with Crippen LogP contribution in [0.3, 0.4) is 0 Å². The zero-order valence-electron chi connectivity index (χ0n) is 9.39. The number of furan rings is 1. The van der Waals surface area contributed by atoms with E-state index in [4.69, 9.17) is 16.0 Å². The summed E-state index contributed by atoms with van der Waals surface area (Å²) in [5, 5.41) is 0. The minimum Gasteiger partial charge on any atom is -0.472 e. The number of halogens is 1. The Morgan fingerprint density at radius 3 is 2.75 bits per heavy atom. The molecule has 1 aromatic heterocycles. The van der Waals surface area contributed by atoms with E-state index < -0.39 is 10.0 Å². The monoisotopic (exact) mass is 265 g/mol. The van der Waals surface area contributed by atoms with Crippen molar-refractivity contribution >= 4 is 21.6 Å².